The molecular formula is C10H8ClN3S. The van der Waals surface area contributed by atoms with Crippen LogP contribution in [0.5, 0.6) is 0 Å². The monoisotopic (exact) mass is 237 g/mol. The number of halogens is 1. The molecule has 0 spiro atoms. The fourth-order valence-electron chi connectivity index (χ4n) is 1.35. The Morgan fingerprint density at radius 1 is 1.27 bits per heavy atom. The molecule has 15 heavy (non-hydrogen) atoms. The zero-order valence-electron chi connectivity index (χ0n) is 7.72. The summed E-state index contributed by atoms with van der Waals surface area (Å²) >= 11 is 10.6. The van der Waals surface area contributed by atoms with Crippen molar-refractivity contribution >= 4 is 41.0 Å². The fourth-order valence-corrected chi connectivity index (χ4v) is 1.64. The van der Waals surface area contributed by atoms with Gasteiger partial charge in [-0.1, -0.05) is 23.7 Å². The van der Waals surface area contributed by atoms with Crippen LogP contribution in [0.3, 0.4) is 0 Å². The van der Waals surface area contributed by atoms with Gasteiger partial charge in [-0.2, -0.15) is 0 Å². The molecule has 1 aromatic rings. The second-order valence-electron chi connectivity index (χ2n) is 3.13. The minimum Gasteiger partial charge on any atom is -0.386 e. The highest BCUT2D eigenvalue weighted by molar-refractivity contribution is 7.80. The number of hydrogen-bond acceptors (Lipinski definition) is 2. The summed E-state index contributed by atoms with van der Waals surface area (Å²) in [6.07, 6.45) is 1.70. The normalized spacial score (nSPS) is 20.2. The number of thiocarbonyl (C=S) groups is 1. The van der Waals surface area contributed by atoms with E-state index in [0.29, 0.717) is 10.9 Å². The highest BCUT2D eigenvalue weighted by atomic mass is 35.5. The van der Waals surface area contributed by atoms with Crippen molar-refractivity contribution in [2.75, 3.05) is 0 Å². The predicted molar refractivity (Wildman–Crippen MR) is 66.9 cm³/mol. The van der Waals surface area contributed by atoms with Crippen LogP contribution in [0.15, 0.2) is 34.3 Å². The molecule has 0 bridgehead atoms. The summed E-state index contributed by atoms with van der Waals surface area (Å²) in [7, 11) is 0. The molecule has 1 atom stereocenters. The van der Waals surface area contributed by atoms with E-state index < -0.39 is 0 Å². The van der Waals surface area contributed by atoms with E-state index in [1.54, 1.807) is 6.21 Å². The number of rotatable bonds is 1. The van der Waals surface area contributed by atoms with Gasteiger partial charge in [-0.3, -0.25) is 0 Å². The van der Waals surface area contributed by atoms with E-state index in [9.17, 15) is 0 Å². The maximum atomic E-state index is 5.79. The van der Waals surface area contributed by atoms with Crippen LogP contribution in [0.4, 0.5) is 0 Å². The Balaban J connectivity index is 2.32. The summed E-state index contributed by atoms with van der Waals surface area (Å²) in [5.41, 5.74) is 6.78. The van der Waals surface area contributed by atoms with Crippen LogP contribution in [0.2, 0.25) is 5.02 Å². The van der Waals surface area contributed by atoms with Crippen LogP contribution in [0.1, 0.15) is 11.5 Å². The molecule has 3 nitrogen and oxygen atoms in total. The van der Waals surface area contributed by atoms with Crippen molar-refractivity contribution < 1.29 is 0 Å². The van der Waals surface area contributed by atoms with E-state index in [-0.39, 0.29) is 11.0 Å². The molecule has 1 aromatic carbocycles. The van der Waals surface area contributed by atoms with Gasteiger partial charge in [-0.15, -0.1) is 0 Å². The molecule has 2 N–H and O–H groups in total. The summed E-state index contributed by atoms with van der Waals surface area (Å²) in [5, 5.41) is 0.968. The first-order valence-corrected chi connectivity index (χ1v) is 5.13. The number of benzene rings is 1. The smallest absolute Gasteiger partial charge is 0.220 e. The quantitative estimate of drug-likeness (QED) is 0.761. The zero-order chi connectivity index (χ0) is 10.8. The standard InChI is InChI=1S/C10H8ClN3S/c11-7-3-1-6(2-4-7)8-5-13-10(15)14-9(8)12/h1-5,8H,(H2,12,14,15). The van der Waals surface area contributed by atoms with Gasteiger partial charge >= 0.3 is 0 Å². The van der Waals surface area contributed by atoms with E-state index in [0.717, 1.165) is 5.56 Å². The molecule has 0 radical (unpaired) electrons. The van der Waals surface area contributed by atoms with Gasteiger partial charge in [0.25, 0.3) is 0 Å². The molecule has 0 saturated heterocycles. The van der Waals surface area contributed by atoms with E-state index in [2.05, 4.69) is 9.98 Å². The van der Waals surface area contributed by atoms with Crippen LogP contribution in [0, 0.1) is 0 Å². The predicted octanol–water partition coefficient (Wildman–Crippen LogP) is 2.15. The Morgan fingerprint density at radius 2 is 1.93 bits per heavy atom. The van der Waals surface area contributed by atoms with Crippen LogP contribution in [-0.4, -0.2) is 17.2 Å². The number of hydrogen-bond donors (Lipinski definition) is 1. The highest BCUT2D eigenvalue weighted by Crippen LogP contribution is 2.19. The Morgan fingerprint density at radius 3 is 2.53 bits per heavy atom. The van der Waals surface area contributed by atoms with Gasteiger partial charge in [0.15, 0.2) is 0 Å². The third-order valence-corrected chi connectivity index (χ3v) is 2.56. The molecule has 5 heteroatoms. The lowest BCUT2D eigenvalue weighted by atomic mass is 9.99. The Kier molecular flexibility index (Phi) is 2.79. The van der Waals surface area contributed by atoms with Crippen LogP contribution in [0.25, 0.3) is 0 Å². The minimum absolute atomic E-state index is 0.103. The fraction of sp³-hybridized carbons (Fsp3) is 0.100. The van der Waals surface area contributed by atoms with Gasteiger partial charge in [0.05, 0.1) is 5.92 Å². The molecule has 2 rings (SSSR count). The number of amidine groups is 1. The van der Waals surface area contributed by atoms with Gasteiger partial charge in [0.1, 0.15) is 5.84 Å². The molecule has 1 aliphatic rings. The molecule has 0 aromatic heterocycles. The van der Waals surface area contributed by atoms with Crippen molar-refractivity contribution in [1.29, 1.82) is 0 Å². The SMILES string of the molecule is NC1=NC(=S)N=CC1c1ccc(Cl)cc1. The molecule has 0 aliphatic carbocycles. The van der Waals surface area contributed by atoms with Crippen molar-refractivity contribution in [3.05, 3.63) is 34.9 Å². The molecule has 0 fully saturated rings. The maximum Gasteiger partial charge on any atom is 0.220 e. The van der Waals surface area contributed by atoms with Gasteiger partial charge in [0, 0.05) is 11.2 Å². The first kappa shape index (κ1) is 10.3. The number of aliphatic imine (C=N–C) groups is 2. The van der Waals surface area contributed by atoms with Crippen molar-refractivity contribution in [3.8, 4) is 0 Å². The summed E-state index contributed by atoms with van der Waals surface area (Å²) in [6.45, 7) is 0. The second-order valence-corrected chi connectivity index (χ2v) is 3.93. The van der Waals surface area contributed by atoms with Gasteiger partial charge < -0.3 is 5.73 Å². The summed E-state index contributed by atoms with van der Waals surface area (Å²) in [5.74, 6) is 0.367. The Hall–Kier alpha value is -1.26. The molecule has 0 amide bonds. The third-order valence-electron chi connectivity index (χ3n) is 2.11. The average molecular weight is 238 g/mol. The van der Waals surface area contributed by atoms with Crippen molar-refractivity contribution in [1.82, 2.24) is 0 Å². The highest BCUT2D eigenvalue weighted by Gasteiger charge is 2.17. The third kappa shape index (κ3) is 2.22. The Bertz CT molecular complexity index is 450. The Labute approximate surface area is 97.7 Å². The van der Waals surface area contributed by atoms with E-state index >= 15 is 0 Å². The molecule has 76 valence electrons. The van der Waals surface area contributed by atoms with E-state index in [1.165, 1.54) is 0 Å². The summed E-state index contributed by atoms with van der Waals surface area (Å²) in [6, 6.07) is 7.42. The first-order valence-electron chi connectivity index (χ1n) is 4.34. The van der Waals surface area contributed by atoms with E-state index in [4.69, 9.17) is 29.6 Å². The first-order chi connectivity index (χ1) is 7.16. The van der Waals surface area contributed by atoms with E-state index in [1.807, 2.05) is 24.3 Å². The topological polar surface area (TPSA) is 50.7 Å². The van der Waals surface area contributed by atoms with Crippen LogP contribution >= 0.6 is 23.8 Å². The maximum absolute atomic E-state index is 5.79. The number of nitrogens with two attached hydrogens (primary N) is 1. The summed E-state index contributed by atoms with van der Waals surface area (Å²) in [4.78, 5) is 7.92. The minimum atomic E-state index is -0.103. The van der Waals surface area contributed by atoms with Crippen molar-refractivity contribution in [2.45, 2.75) is 5.92 Å². The molecule has 1 heterocycles. The zero-order valence-corrected chi connectivity index (χ0v) is 9.29. The summed E-state index contributed by atoms with van der Waals surface area (Å²) < 4.78 is 0. The molecule has 0 saturated carbocycles. The van der Waals surface area contributed by atoms with Gasteiger partial charge in [-0.05, 0) is 29.9 Å². The largest absolute Gasteiger partial charge is 0.386 e. The lowest BCUT2D eigenvalue weighted by Crippen LogP contribution is -2.27. The lowest BCUT2D eigenvalue weighted by Gasteiger charge is -2.14. The van der Waals surface area contributed by atoms with Gasteiger partial charge in [0.2, 0.25) is 5.11 Å². The number of nitrogens with zero attached hydrogens (tertiary/aromatic N) is 2. The molecular weight excluding hydrogens is 230 g/mol. The lowest BCUT2D eigenvalue weighted by molar-refractivity contribution is 1.18. The molecule has 1 unspecified atom stereocenters. The van der Waals surface area contributed by atoms with Crippen molar-refractivity contribution in [2.24, 2.45) is 15.7 Å². The second kappa shape index (κ2) is 4.08. The van der Waals surface area contributed by atoms with Crippen LogP contribution in [-0.2, 0) is 0 Å². The van der Waals surface area contributed by atoms with Crippen molar-refractivity contribution in [3.63, 3.8) is 0 Å². The molecule has 1 aliphatic heterocycles. The average Bonchev–Trinajstić information content (AvgIpc) is 2.20. The van der Waals surface area contributed by atoms with Crippen LogP contribution < -0.4 is 5.73 Å². The van der Waals surface area contributed by atoms with Gasteiger partial charge in [-0.25, -0.2) is 9.98 Å².